The second-order valence-electron chi connectivity index (χ2n) is 5.66. The predicted molar refractivity (Wildman–Crippen MR) is 96.2 cm³/mol. The maximum atomic E-state index is 12.3. The molecule has 0 saturated carbocycles. The van der Waals surface area contributed by atoms with Crippen molar-refractivity contribution in [3.8, 4) is 10.6 Å². The van der Waals surface area contributed by atoms with Crippen LogP contribution in [-0.2, 0) is 0 Å². The Morgan fingerprint density at radius 3 is 2.79 bits per heavy atom. The molecule has 5 heteroatoms. The lowest BCUT2D eigenvalue weighted by atomic mass is 9.94. The zero-order valence-electron chi connectivity index (χ0n) is 13.6. The highest BCUT2D eigenvalue weighted by molar-refractivity contribution is 7.13. The van der Waals surface area contributed by atoms with Gasteiger partial charge in [0.15, 0.2) is 11.5 Å². The molecule has 4 nitrogen and oxygen atoms in total. The Hall–Kier alpha value is -2.40. The highest BCUT2D eigenvalue weighted by atomic mass is 32.1. The van der Waals surface area contributed by atoms with Crippen molar-refractivity contribution in [2.75, 3.05) is 6.54 Å². The molecule has 24 heavy (non-hydrogen) atoms. The summed E-state index contributed by atoms with van der Waals surface area (Å²) in [6.45, 7) is 2.75. The third kappa shape index (κ3) is 3.92. The molecule has 124 valence electrons. The van der Waals surface area contributed by atoms with Gasteiger partial charge in [-0.05, 0) is 23.4 Å². The Labute approximate surface area is 145 Å². The van der Waals surface area contributed by atoms with Crippen molar-refractivity contribution < 1.29 is 9.32 Å². The minimum Gasteiger partial charge on any atom is -0.355 e. The monoisotopic (exact) mass is 340 g/mol. The van der Waals surface area contributed by atoms with Gasteiger partial charge in [0.2, 0.25) is 0 Å². The summed E-state index contributed by atoms with van der Waals surface area (Å²) < 4.78 is 5.27. The molecule has 0 saturated heterocycles. The minimum absolute atomic E-state index is 0.196. The van der Waals surface area contributed by atoms with E-state index in [1.807, 2.05) is 35.7 Å². The number of carbonyl (C=O) groups excluding carboxylic acids is 1. The van der Waals surface area contributed by atoms with Crippen LogP contribution in [0.25, 0.3) is 10.6 Å². The second-order valence-corrected chi connectivity index (χ2v) is 6.61. The van der Waals surface area contributed by atoms with Gasteiger partial charge in [0.05, 0.1) is 4.88 Å². The van der Waals surface area contributed by atoms with Crippen LogP contribution in [0.3, 0.4) is 0 Å². The van der Waals surface area contributed by atoms with E-state index in [-0.39, 0.29) is 5.91 Å². The smallest absolute Gasteiger partial charge is 0.273 e. The molecule has 0 spiro atoms. The number of nitrogens with one attached hydrogen (secondary N) is 1. The average Bonchev–Trinajstić information content (AvgIpc) is 3.30. The molecule has 0 fully saturated rings. The van der Waals surface area contributed by atoms with Crippen LogP contribution in [0.1, 0.15) is 41.7 Å². The van der Waals surface area contributed by atoms with E-state index in [1.54, 1.807) is 17.4 Å². The summed E-state index contributed by atoms with van der Waals surface area (Å²) >= 11 is 1.56. The maximum absolute atomic E-state index is 12.3. The first-order valence-electron chi connectivity index (χ1n) is 8.11. The Morgan fingerprint density at radius 1 is 1.25 bits per heavy atom. The van der Waals surface area contributed by atoms with E-state index in [2.05, 4.69) is 29.5 Å². The summed E-state index contributed by atoms with van der Waals surface area (Å²) in [5, 5.41) is 8.84. The van der Waals surface area contributed by atoms with Crippen LogP contribution in [0, 0.1) is 0 Å². The molecule has 1 amide bonds. The van der Waals surface area contributed by atoms with Crippen molar-refractivity contribution in [1.29, 1.82) is 0 Å². The lowest BCUT2D eigenvalue weighted by molar-refractivity contribution is 0.0941. The number of amides is 1. The van der Waals surface area contributed by atoms with Crippen LogP contribution >= 0.6 is 11.3 Å². The van der Waals surface area contributed by atoms with Crippen LogP contribution in [0.4, 0.5) is 0 Å². The molecule has 0 unspecified atom stereocenters. The van der Waals surface area contributed by atoms with Crippen molar-refractivity contribution in [3.63, 3.8) is 0 Å². The number of carbonyl (C=O) groups is 1. The van der Waals surface area contributed by atoms with Gasteiger partial charge in [-0.25, -0.2) is 0 Å². The Kier molecular flexibility index (Phi) is 5.43. The number of benzene rings is 1. The molecule has 0 bridgehead atoms. The van der Waals surface area contributed by atoms with Crippen LogP contribution in [0.15, 0.2) is 58.4 Å². The molecular weight excluding hydrogens is 320 g/mol. The lowest BCUT2D eigenvalue weighted by Gasteiger charge is -2.17. The molecule has 1 aromatic carbocycles. The summed E-state index contributed by atoms with van der Waals surface area (Å²) in [7, 11) is 0. The normalized spacial score (nSPS) is 12.0. The first-order valence-corrected chi connectivity index (χ1v) is 8.99. The molecule has 3 aromatic rings. The lowest BCUT2D eigenvalue weighted by Crippen LogP contribution is -2.28. The molecule has 0 aliphatic carbocycles. The molecule has 0 aliphatic rings. The van der Waals surface area contributed by atoms with Gasteiger partial charge in [-0.2, -0.15) is 0 Å². The molecule has 3 rings (SSSR count). The maximum Gasteiger partial charge on any atom is 0.273 e. The van der Waals surface area contributed by atoms with Crippen LogP contribution < -0.4 is 5.32 Å². The highest BCUT2D eigenvalue weighted by Gasteiger charge is 2.16. The number of hydrogen-bond acceptors (Lipinski definition) is 4. The van der Waals surface area contributed by atoms with Crippen LogP contribution in [-0.4, -0.2) is 17.6 Å². The largest absolute Gasteiger partial charge is 0.355 e. The van der Waals surface area contributed by atoms with Gasteiger partial charge < -0.3 is 9.84 Å². The van der Waals surface area contributed by atoms with E-state index in [4.69, 9.17) is 4.52 Å². The van der Waals surface area contributed by atoms with Crippen molar-refractivity contribution in [2.24, 2.45) is 0 Å². The van der Waals surface area contributed by atoms with Gasteiger partial charge in [0, 0.05) is 18.5 Å². The van der Waals surface area contributed by atoms with E-state index in [9.17, 15) is 4.79 Å². The quantitative estimate of drug-likeness (QED) is 0.677. The second kappa shape index (κ2) is 7.93. The van der Waals surface area contributed by atoms with E-state index in [1.165, 1.54) is 5.56 Å². The van der Waals surface area contributed by atoms with Gasteiger partial charge in [-0.3, -0.25) is 4.79 Å². The van der Waals surface area contributed by atoms with Crippen LogP contribution in [0.2, 0.25) is 0 Å². The van der Waals surface area contributed by atoms with E-state index in [0.717, 1.165) is 17.7 Å². The van der Waals surface area contributed by atoms with Crippen molar-refractivity contribution in [1.82, 2.24) is 10.5 Å². The van der Waals surface area contributed by atoms with E-state index in [0.29, 0.717) is 23.9 Å². The first-order chi connectivity index (χ1) is 11.8. The molecule has 2 heterocycles. The fourth-order valence-electron chi connectivity index (χ4n) is 2.68. The Balaban J connectivity index is 1.64. The number of aromatic nitrogens is 1. The summed E-state index contributed by atoms with van der Waals surface area (Å²) in [6, 6.07) is 15.9. The summed E-state index contributed by atoms with van der Waals surface area (Å²) in [4.78, 5) is 13.3. The number of hydrogen-bond donors (Lipinski definition) is 1. The first kappa shape index (κ1) is 16.5. The Morgan fingerprint density at radius 2 is 2.08 bits per heavy atom. The molecule has 1 atom stereocenters. The van der Waals surface area contributed by atoms with Gasteiger partial charge in [0.1, 0.15) is 0 Å². The standard InChI is InChI=1S/C19H20N2O2S/c1-2-7-15(14-8-4-3-5-9-14)13-20-19(22)16-12-17(23-21-16)18-10-6-11-24-18/h3-6,8-12,15H,2,7,13H2,1H3,(H,20,22)/t15-/m1/s1. The van der Waals surface area contributed by atoms with Crippen molar-refractivity contribution >= 4 is 17.2 Å². The summed E-state index contributed by atoms with van der Waals surface area (Å²) in [5.41, 5.74) is 1.57. The fourth-order valence-corrected chi connectivity index (χ4v) is 3.36. The topological polar surface area (TPSA) is 55.1 Å². The zero-order chi connectivity index (χ0) is 16.8. The molecule has 0 aliphatic heterocycles. The summed E-state index contributed by atoms with van der Waals surface area (Å²) in [5.74, 6) is 0.741. The Bertz CT molecular complexity index is 766. The number of nitrogens with zero attached hydrogens (tertiary/aromatic N) is 1. The molecule has 2 aromatic heterocycles. The SMILES string of the molecule is CCC[C@H](CNC(=O)c1cc(-c2cccs2)on1)c1ccccc1. The van der Waals surface area contributed by atoms with Crippen molar-refractivity contribution in [2.45, 2.75) is 25.7 Å². The number of thiophene rings is 1. The summed E-state index contributed by atoms with van der Waals surface area (Å²) in [6.07, 6.45) is 2.10. The van der Waals surface area contributed by atoms with Gasteiger partial charge in [-0.15, -0.1) is 11.3 Å². The molecule has 1 N–H and O–H groups in total. The van der Waals surface area contributed by atoms with Gasteiger partial charge in [-0.1, -0.05) is 54.9 Å². The van der Waals surface area contributed by atoms with Crippen LogP contribution in [0.5, 0.6) is 0 Å². The predicted octanol–water partition coefficient (Wildman–Crippen LogP) is 4.72. The third-order valence-corrected chi connectivity index (χ3v) is 4.81. The average molecular weight is 340 g/mol. The zero-order valence-corrected chi connectivity index (χ0v) is 14.4. The van der Waals surface area contributed by atoms with Crippen molar-refractivity contribution in [3.05, 3.63) is 65.2 Å². The molecule has 0 radical (unpaired) electrons. The highest BCUT2D eigenvalue weighted by Crippen LogP contribution is 2.25. The third-order valence-electron chi connectivity index (χ3n) is 3.92. The van der Waals surface area contributed by atoms with Gasteiger partial charge in [0.25, 0.3) is 5.91 Å². The minimum atomic E-state index is -0.196. The number of rotatable bonds is 7. The fraction of sp³-hybridized carbons (Fsp3) is 0.263. The van der Waals surface area contributed by atoms with E-state index < -0.39 is 0 Å². The van der Waals surface area contributed by atoms with E-state index >= 15 is 0 Å². The van der Waals surface area contributed by atoms with Gasteiger partial charge >= 0.3 is 0 Å². The molecular formula is C19H20N2O2S.